The van der Waals surface area contributed by atoms with Crippen LogP contribution in [0.3, 0.4) is 0 Å². The van der Waals surface area contributed by atoms with Crippen LogP contribution in [0.1, 0.15) is 30.6 Å². The summed E-state index contributed by atoms with van der Waals surface area (Å²) in [5.41, 5.74) is -0.107. The topological polar surface area (TPSA) is 38.3 Å². The Morgan fingerprint density at radius 3 is 2.83 bits per heavy atom. The molecule has 0 aliphatic heterocycles. The average molecular weight is 274 g/mol. The molecule has 100 valence electrons. The molecular weight excluding hydrogens is 257 g/mol. The summed E-state index contributed by atoms with van der Waals surface area (Å²) in [6.07, 6.45) is 0.845. The molecule has 0 bridgehead atoms. The van der Waals surface area contributed by atoms with Crippen LogP contribution in [0, 0.1) is 5.82 Å². The molecule has 0 spiro atoms. The molecule has 1 rings (SSSR count). The van der Waals surface area contributed by atoms with Gasteiger partial charge in [0.25, 0.3) is 5.91 Å². The molecule has 0 saturated carbocycles. The minimum atomic E-state index is -0.613. The zero-order valence-corrected chi connectivity index (χ0v) is 11.3. The molecule has 1 aromatic carbocycles. The molecule has 1 aromatic rings. The smallest absolute Gasteiger partial charge is 0.255 e. The Kier molecular flexibility index (Phi) is 6.09. The number of rotatable bonds is 6. The van der Waals surface area contributed by atoms with Crippen molar-refractivity contribution in [1.82, 2.24) is 5.32 Å². The number of ether oxygens (including phenoxy) is 1. The highest BCUT2D eigenvalue weighted by molar-refractivity contribution is 6.33. The second-order valence-corrected chi connectivity index (χ2v) is 4.53. The lowest BCUT2D eigenvalue weighted by molar-refractivity contribution is 0.0756. The van der Waals surface area contributed by atoms with Crippen LogP contribution in [-0.2, 0) is 4.74 Å². The van der Waals surface area contributed by atoms with E-state index < -0.39 is 11.7 Å². The number of amides is 1. The maximum absolute atomic E-state index is 13.4. The van der Waals surface area contributed by atoms with Gasteiger partial charge in [-0.05, 0) is 32.4 Å². The highest BCUT2D eigenvalue weighted by Crippen LogP contribution is 2.18. The second-order valence-electron chi connectivity index (χ2n) is 4.13. The molecule has 1 amide bonds. The van der Waals surface area contributed by atoms with Crippen LogP contribution in [0.15, 0.2) is 18.2 Å². The van der Waals surface area contributed by atoms with E-state index >= 15 is 0 Å². The fourth-order valence-corrected chi connectivity index (χ4v) is 1.65. The van der Waals surface area contributed by atoms with Crippen LogP contribution in [0.5, 0.6) is 0 Å². The van der Waals surface area contributed by atoms with E-state index in [0.717, 1.165) is 0 Å². The maximum atomic E-state index is 13.4. The molecule has 0 atom stereocenters. The molecule has 3 nitrogen and oxygen atoms in total. The molecule has 0 heterocycles. The molecule has 1 N–H and O–H groups in total. The molecule has 0 aliphatic rings. The molecular formula is C13H17ClFNO2. The summed E-state index contributed by atoms with van der Waals surface area (Å²) in [5.74, 6) is -1.11. The van der Waals surface area contributed by atoms with Crippen molar-refractivity contribution in [1.29, 1.82) is 0 Å². The fourth-order valence-electron chi connectivity index (χ4n) is 1.40. The minimum Gasteiger partial charge on any atom is -0.379 e. The minimum absolute atomic E-state index is 0.107. The van der Waals surface area contributed by atoms with E-state index in [1.54, 1.807) is 0 Å². The number of benzene rings is 1. The fraction of sp³-hybridized carbons (Fsp3) is 0.462. The van der Waals surface area contributed by atoms with Crippen LogP contribution in [0.4, 0.5) is 4.39 Å². The van der Waals surface area contributed by atoms with Gasteiger partial charge in [0.15, 0.2) is 0 Å². The van der Waals surface area contributed by atoms with Crippen molar-refractivity contribution in [3.05, 3.63) is 34.6 Å². The molecule has 0 fully saturated rings. The Labute approximate surface area is 111 Å². The number of carbonyl (C=O) groups is 1. The lowest BCUT2D eigenvalue weighted by atomic mass is 10.2. The lowest BCUT2D eigenvalue weighted by Gasteiger charge is -2.09. The number of carbonyl (C=O) groups excluding carboxylic acids is 1. The van der Waals surface area contributed by atoms with Gasteiger partial charge < -0.3 is 10.1 Å². The maximum Gasteiger partial charge on any atom is 0.255 e. The van der Waals surface area contributed by atoms with Gasteiger partial charge in [-0.3, -0.25) is 4.79 Å². The molecule has 18 heavy (non-hydrogen) atoms. The monoisotopic (exact) mass is 273 g/mol. The van der Waals surface area contributed by atoms with Crippen LogP contribution < -0.4 is 5.32 Å². The van der Waals surface area contributed by atoms with Gasteiger partial charge in [-0.25, -0.2) is 4.39 Å². The quantitative estimate of drug-likeness (QED) is 0.809. The number of halogens is 2. The Hall–Kier alpha value is -1.13. The second kappa shape index (κ2) is 7.34. The average Bonchev–Trinajstić information content (AvgIpc) is 2.27. The van der Waals surface area contributed by atoms with Crippen molar-refractivity contribution in [2.24, 2.45) is 0 Å². The van der Waals surface area contributed by atoms with E-state index in [1.807, 2.05) is 13.8 Å². The Morgan fingerprint density at radius 1 is 1.50 bits per heavy atom. The summed E-state index contributed by atoms with van der Waals surface area (Å²) in [4.78, 5) is 11.7. The van der Waals surface area contributed by atoms with Crippen molar-refractivity contribution in [3.8, 4) is 0 Å². The molecule has 5 heteroatoms. The van der Waals surface area contributed by atoms with Crippen LogP contribution in [-0.4, -0.2) is 25.2 Å². The Bertz CT molecular complexity index is 390. The molecule has 0 radical (unpaired) electrons. The van der Waals surface area contributed by atoms with Gasteiger partial charge in [-0.15, -0.1) is 0 Å². The van der Waals surface area contributed by atoms with E-state index in [-0.39, 0.29) is 16.7 Å². The summed E-state index contributed by atoms with van der Waals surface area (Å²) in [6.45, 7) is 4.87. The Balaban J connectivity index is 2.41. The zero-order chi connectivity index (χ0) is 13.5. The van der Waals surface area contributed by atoms with E-state index in [1.165, 1.54) is 18.2 Å². The van der Waals surface area contributed by atoms with Gasteiger partial charge >= 0.3 is 0 Å². The van der Waals surface area contributed by atoms with E-state index in [2.05, 4.69) is 5.32 Å². The standard InChI is InChI=1S/C13H17ClFNO2/c1-9(2)18-8-4-7-16-13(17)12-10(14)5-3-6-11(12)15/h3,5-6,9H,4,7-8H2,1-2H3,(H,16,17). The highest BCUT2D eigenvalue weighted by atomic mass is 35.5. The summed E-state index contributed by atoms with van der Waals surface area (Å²) < 4.78 is 18.7. The first-order valence-corrected chi connectivity index (χ1v) is 6.24. The lowest BCUT2D eigenvalue weighted by Crippen LogP contribution is -2.26. The first kappa shape index (κ1) is 14.9. The zero-order valence-electron chi connectivity index (χ0n) is 10.5. The molecule has 0 aromatic heterocycles. The van der Waals surface area contributed by atoms with Crippen LogP contribution in [0.2, 0.25) is 5.02 Å². The van der Waals surface area contributed by atoms with Gasteiger partial charge in [-0.2, -0.15) is 0 Å². The summed E-state index contributed by atoms with van der Waals surface area (Å²) in [7, 11) is 0. The van der Waals surface area contributed by atoms with Crippen LogP contribution >= 0.6 is 11.6 Å². The number of hydrogen-bond acceptors (Lipinski definition) is 2. The van der Waals surface area contributed by atoms with Gasteiger partial charge in [0.05, 0.1) is 16.7 Å². The molecule has 0 saturated heterocycles. The van der Waals surface area contributed by atoms with E-state index in [9.17, 15) is 9.18 Å². The van der Waals surface area contributed by atoms with Crippen molar-refractivity contribution in [3.63, 3.8) is 0 Å². The number of hydrogen-bond donors (Lipinski definition) is 1. The summed E-state index contributed by atoms with van der Waals surface area (Å²) in [6, 6.07) is 4.16. The third-order valence-electron chi connectivity index (χ3n) is 2.25. The van der Waals surface area contributed by atoms with E-state index in [0.29, 0.717) is 19.6 Å². The largest absolute Gasteiger partial charge is 0.379 e. The highest BCUT2D eigenvalue weighted by Gasteiger charge is 2.14. The van der Waals surface area contributed by atoms with Crippen molar-refractivity contribution in [2.75, 3.05) is 13.2 Å². The predicted octanol–water partition coefficient (Wildman–Crippen LogP) is 3.02. The van der Waals surface area contributed by atoms with Crippen molar-refractivity contribution < 1.29 is 13.9 Å². The first-order chi connectivity index (χ1) is 8.52. The van der Waals surface area contributed by atoms with Crippen LogP contribution in [0.25, 0.3) is 0 Å². The van der Waals surface area contributed by atoms with Crippen molar-refractivity contribution >= 4 is 17.5 Å². The molecule has 0 unspecified atom stereocenters. The third kappa shape index (κ3) is 4.63. The molecule has 0 aliphatic carbocycles. The van der Waals surface area contributed by atoms with E-state index in [4.69, 9.17) is 16.3 Å². The van der Waals surface area contributed by atoms with Gasteiger partial charge in [0.2, 0.25) is 0 Å². The van der Waals surface area contributed by atoms with Gasteiger partial charge in [0, 0.05) is 13.2 Å². The predicted molar refractivity (Wildman–Crippen MR) is 69.4 cm³/mol. The SMILES string of the molecule is CC(C)OCCCNC(=O)c1c(F)cccc1Cl. The number of nitrogens with one attached hydrogen (secondary N) is 1. The summed E-state index contributed by atoms with van der Waals surface area (Å²) in [5, 5.41) is 2.73. The first-order valence-electron chi connectivity index (χ1n) is 5.86. The summed E-state index contributed by atoms with van der Waals surface area (Å²) >= 11 is 5.78. The van der Waals surface area contributed by atoms with Gasteiger partial charge in [0.1, 0.15) is 5.82 Å². The third-order valence-corrected chi connectivity index (χ3v) is 2.56. The van der Waals surface area contributed by atoms with Gasteiger partial charge in [-0.1, -0.05) is 17.7 Å². The normalized spacial score (nSPS) is 10.7. The van der Waals surface area contributed by atoms with Crippen molar-refractivity contribution in [2.45, 2.75) is 26.4 Å². The Morgan fingerprint density at radius 2 is 2.22 bits per heavy atom.